The number of halogens is 4. The normalized spacial score (nSPS) is 12.1. The Bertz CT molecular complexity index is 2540. The molecule has 298 valence electrons. The van der Waals surface area contributed by atoms with Gasteiger partial charge in [0, 0.05) is 56.1 Å². The van der Waals surface area contributed by atoms with Crippen LogP contribution in [0.3, 0.4) is 0 Å². The molecule has 12 heteroatoms. The molecule has 0 fully saturated rings. The van der Waals surface area contributed by atoms with Gasteiger partial charge in [-0.05, 0) is 150 Å². The third-order valence-corrected chi connectivity index (χ3v) is 12.7. The van der Waals surface area contributed by atoms with Crippen LogP contribution in [-0.2, 0) is 25.2 Å². The van der Waals surface area contributed by atoms with Gasteiger partial charge in [0.15, 0.2) is 23.8 Å². The fraction of sp³-hybridized carbons (Fsp3) is 0.217. The number of nitrogens with zero attached hydrogens (tertiary/aromatic N) is 6. The second kappa shape index (κ2) is 14.6. The summed E-state index contributed by atoms with van der Waals surface area (Å²) in [6, 6.07) is 37.2. The predicted octanol–water partition coefficient (Wildman–Crippen LogP) is 14.1. The molecule has 0 saturated carbocycles. The number of benzene rings is 2. The molecule has 0 aliphatic carbocycles. The third kappa shape index (κ3) is 6.98. The lowest BCUT2D eigenvalue weighted by Crippen LogP contribution is -2.28. The highest BCUT2D eigenvalue weighted by Crippen LogP contribution is 2.44. The van der Waals surface area contributed by atoms with Crippen LogP contribution in [0.4, 0.5) is 52.2 Å². The van der Waals surface area contributed by atoms with E-state index in [9.17, 15) is 8.78 Å². The maximum atomic E-state index is 15.2. The van der Waals surface area contributed by atoms with Crippen molar-refractivity contribution in [1.82, 2.24) is 18.3 Å². The maximum Gasteiger partial charge on any atom is 0.195 e. The van der Waals surface area contributed by atoms with Crippen molar-refractivity contribution in [1.29, 1.82) is 0 Å². The molecule has 8 rings (SSSR count). The van der Waals surface area contributed by atoms with Gasteiger partial charge in [-0.1, -0.05) is 24.3 Å². The largest absolute Gasteiger partial charge is 0.307 e. The highest BCUT2D eigenvalue weighted by atomic mass is 32.1. The van der Waals surface area contributed by atoms with E-state index in [1.807, 2.05) is 99.9 Å². The molecule has 0 spiro atoms. The van der Waals surface area contributed by atoms with Gasteiger partial charge in [-0.15, -0.1) is 22.7 Å². The number of anilines is 6. The topological polar surface area (TPSA) is 26.2 Å². The van der Waals surface area contributed by atoms with E-state index < -0.39 is 23.0 Å². The Hall–Kier alpha value is -5.72. The Labute approximate surface area is 344 Å². The minimum absolute atomic E-state index is 0.369. The first-order valence-electron chi connectivity index (χ1n) is 18.9. The molecule has 0 atom stereocenters. The van der Waals surface area contributed by atoms with E-state index in [-0.39, 0.29) is 11.9 Å². The van der Waals surface area contributed by atoms with Crippen LogP contribution in [0.2, 0.25) is 0 Å². The van der Waals surface area contributed by atoms with Crippen molar-refractivity contribution in [2.75, 3.05) is 9.80 Å². The standard InChI is InChI=1S/C46H44F4N6S2/c1-45(2,3)55-39(49)23-27-43(55)53(41-25-21-37(47)51(41)7)31-13-9-29(10-14-31)33-17-19-35(57-33)36-20-18-34(58-36)30-11-15-32(16-12-30)54(42-26-22-38(48)52(42)8)44-28-24-40(50)56(44)46(4,5)6/h9-28H,1-8H3. The zero-order chi connectivity index (χ0) is 41.3. The van der Waals surface area contributed by atoms with Crippen molar-refractivity contribution in [2.24, 2.45) is 14.1 Å². The maximum absolute atomic E-state index is 15.2. The fourth-order valence-electron chi connectivity index (χ4n) is 7.45. The van der Waals surface area contributed by atoms with E-state index in [1.54, 1.807) is 70.2 Å². The minimum atomic E-state index is -0.560. The molecule has 58 heavy (non-hydrogen) atoms. The zero-order valence-electron chi connectivity index (χ0n) is 33.6. The summed E-state index contributed by atoms with van der Waals surface area (Å²) in [6.45, 7) is 11.6. The molecule has 0 unspecified atom stereocenters. The lowest BCUT2D eigenvalue weighted by Gasteiger charge is -2.32. The van der Waals surface area contributed by atoms with E-state index in [1.165, 1.54) is 33.4 Å². The summed E-state index contributed by atoms with van der Waals surface area (Å²) in [5.74, 6) is 0.817. The third-order valence-electron chi connectivity index (χ3n) is 10.2. The molecular weight excluding hydrogens is 777 g/mol. The summed E-state index contributed by atoms with van der Waals surface area (Å²) in [6.07, 6.45) is 0. The highest BCUT2D eigenvalue weighted by Gasteiger charge is 2.29. The van der Waals surface area contributed by atoms with Gasteiger partial charge in [-0.3, -0.25) is 18.9 Å². The monoisotopic (exact) mass is 820 g/mol. The average Bonchev–Trinajstić information content (AvgIpc) is 4.04. The van der Waals surface area contributed by atoms with E-state index in [0.29, 0.717) is 23.3 Å². The Balaban J connectivity index is 1.06. The Morgan fingerprint density at radius 3 is 1.00 bits per heavy atom. The lowest BCUT2D eigenvalue weighted by molar-refractivity contribution is 0.340. The zero-order valence-corrected chi connectivity index (χ0v) is 35.2. The summed E-state index contributed by atoms with van der Waals surface area (Å²) in [5.41, 5.74) is 2.49. The van der Waals surface area contributed by atoms with Crippen LogP contribution < -0.4 is 9.80 Å². The fourth-order valence-corrected chi connectivity index (χ4v) is 9.56. The van der Waals surface area contributed by atoms with Gasteiger partial charge in [0.1, 0.15) is 23.3 Å². The van der Waals surface area contributed by atoms with Crippen molar-refractivity contribution in [3.8, 4) is 30.6 Å². The quantitative estimate of drug-likeness (QED) is 0.136. The van der Waals surface area contributed by atoms with Gasteiger partial charge in [0.05, 0.1) is 0 Å². The van der Waals surface area contributed by atoms with Crippen LogP contribution in [0.15, 0.2) is 121 Å². The first-order chi connectivity index (χ1) is 27.5. The first kappa shape index (κ1) is 39.1. The van der Waals surface area contributed by atoms with Gasteiger partial charge >= 0.3 is 0 Å². The van der Waals surface area contributed by atoms with Crippen molar-refractivity contribution >= 4 is 57.3 Å². The Morgan fingerprint density at radius 1 is 0.379 bits per heavy atom. The van der Waals surface area contributed by atoms with Crippen LogP contribution >= 0.6 is 22.7 Å². The Morgan fingerprint density at radius 2 is 0.690 bits per heavy atom. The molecule has 6 aromatic heterocycles. The molecule has 0 N–H and O–H groups in total. The molecule has 0 aliphatic heterocycles. The number of aromatic nitrogens is 4. The molecule has 0 aliphatic rings. The summed E-state index contributed by atoms with van der Waals surface area (Å²) in [7, 11) is 3.31. The first-order valence-corrected chi connectivity index (χ1v) is 20.5. The van der Waals surface area contributed by atoms with Crippen LogP contribution in [0.1, 0.15) is 41.5 Å². The highest BCUT2D eigenvalue weighted by molar-refractivity contribution is 7.25. The van der Waals surface area contributed by atoms with Crippen LogP contribution in [0.5, 0.6) is 0 Å². The second-order valence-electron chi connectivity index (χ2n) is 16.3. The molecular formula is C46H44F4N6S2. The number of thiophene rings is 2. The van der Waals surface area contributed by atoms with Crippen LogP contribution in [0, 0.1) is 23.8 Å². The van der Waals surface area contributed by atoms with E-state index in [2.05, 4.69) is 24.3 Å². The molecule has 6 heterocycles. The smallest absolute Gasteiger partial charge is 0.195 e. The molecule has 0 bridgehead atoms. The molecule has 0 amide bonds. The van der Waals surface area contributed by atoms with Gasteiger partial charge < -0.3 is 9.13 Å². The van der Waals surface area contributed by atoms with Crippen molar-refractivity contribution < 1.29 is 17.6 Å². The summed E-state index contributed by atoms with van der Waals surface area (Å²) in [5, 5.41) is 0. The summed E-state index contributed by atoms with van der Waals surface area (Å²) in [4.78, 5) is 8.21. The van der Waals surface area contributed by atoms with E-state index in [0.717, 1.165) is 42.0 Å². The number of hydrogen-bond donors (Lipinski definition) is 0. The second-order valence-corrected chi connectivity index (χ2v) is 18.4. The van der Waals surface area contributed by atoms with Crippen molar-refractivity contribution in [3.05, 3.63) is 145 Å². The van der Waals surface area contributed by atoms with Crippen molar-refractivity contribution in [3.63, 3.8) is 0 Å². The molecule has 6 nitrogen and oxygen atoms in total. The molecule has 2 aromatic carbocycles. The minimum Gasteiger partial charge on any atom is -0.307 e. The molecule has 8 aromatic rings. The molecule has 0 saturated heterocycles. The van der Waals surface area contributed by atoms with Crippen molar-refractivity contribution in [2.45, 2.75) is 52.6 Å². The van der Waals surface area contributed by atoms with E-state index in [4.69, 9.17) is 0 Å². The van der Waals surface area contributed by atoms with Crippen LogP contribution in [0.25, 0.3) is 30.6 Å². The number of hydrogen-bond acceptors (Lipinski definition) is 4. The van der Waals surface area contributed by atoms with Gasteiger partial charge in [0.2, 0.25) is 0 Å². The predicted molar refractivity (Wildman–Crippen MR) is 232 cm³/mol. The summed E-state index contributed by atoms with van der Waals surface area (Å²) >= 11 is 3.39. The number of rotatable bonds is 9. The SMILES string of the molecule is Cn1c(F)ccc1N(c1ccc(-c2ccc(-c3ccc(-c4ccc(N(c5ccc(F)n5C)c5ccc(F)n5C(C)(C)C)cc4)s3)s2)cc1)c1ccc(F)n1C(C)(C)C. The lowest BCUT2D eigenvalue weighted by atomic mass is 10.1. The molecule has 0 radical (unpaired) electrons. The van der Waals surface area contributed by atoms with Gasteiger partial charge in [-0.2, -0.15) is 17.6 Å². The van der Waals surface area contributed by atoms with Gasteiger partial charge in [0.25, 0.3) is 0 Å². The summed E-state index contributed by atoms with van der Waals surface area (Å²) < 4.78 is 65.8. The van der Waals surface area contributed by atoms with Gasteiger partial charge in [-0.25, -0.2) is 0 Å². The average molecular weight is 821 g/mol. The van der Waals surface area contributed by atoms with E-state index >= 15 is 8.78 Å². The van der Waals surface area contributed by atoms with Crippen LogP contribution in [-0.4, -0.2) is 18.3 Å². The Kier molecular flexibility index (Phi) is 9.84.